The van der Waals surface area contributed by atoms with Gasteiger partial charge in [0.25, 0.3) is 0 Å². The molecule has 0 aliphatic heterocycles. The largest absolute Gasteiger partial charge is 0.478 e. The van der Waals surface area contributed by atoms with E-state index in [2.05, 4.69) is 13.8 Å². The summed E-state index contributed by atoms with van der Waals surface area (Å²) >= 11 is 0. The van der Waals surface area contributed by atoms with Crippen molar-refractivity contribution in [2.75, 3.05) is 6.61 Å². The lowest BCUT2D eigenvalue weighted by Gasteiger charge is -2.06. The molecule has 1 rings (SSSR count). The van der Waals surface area contributed by atoms with E-state index < -0.39 is 5.97 Å². The molecule has 3 heteroatoms. The van der Waals surface area contributed by atoms with Crippen molar-refractivity contribution in [3.8, 4) is 0 Å². The molecule has 0 saturated carbocycles. The van der Waals surface area contributed by atoms with Gasteiger partial charge in [0.15, 0.2) is 0 Å². The third-order valence-corrected chi connectivity index (χ3v) is 2.74. The molecule has 0 bridgehead atoms. The highest BCUT2D eigenvalue weighted by molar-refractivity contribution is 5.85. The zero-order valence-corrected chi connectivity index (χ0v) is 11.6. The number of carboxylic acids is 1. The molecule has 0 saturated heterocycles. The molecule has 0 fully saturated rings. The molecule has 0 spiro atoms. The van der Waals surface area contributed by atoms with Crippen LogP contribution in [0.4, 0.5) is 0 Å². The first-order valence-electron chi connectivity index (χ1n) is 6.65. The normalized spacial score (nSPS) is 11.3. The van der Waals surface area contributed by atoms with E-state index in [1.165, 1.54) is 6.42 Å². The lowest BCUT2D eigenvalue weighted by Crippen LogP contribution is -1.97. The first kappa shape index (κ1) is 15.4. The number of ether oxygens (including phenoxy) is 1. The zero-order valence-electron chi connectivity index (χ0n) is 11.6. The fourth-order valence-electron chi connectivity index (χ4n) is 1.68. The van der Waals surface area contributed by atoms with E-state index in [4.69, 9.17) is 9.84 Å². The Kier molecular flexibility index (Phi) is 6.90. The molecule has 0 aliphatic rings. The number of hydrogen-bond acceptors (Lipinski definition) is 2. The second kappa shape index (κ2) is 8.48. The smallest absolute Gasteiger partial charge is 0.328 e. The molecular weight excluding hydrogens is 240 g/mol. The summed E-state index contributed by atoms with van der Waals surface area (Å²) in [6.07, 6.45) is 5.00. The van der Waals surface area contributed by atoms with Gasteiger partial charge in [-0.1, -0.05) is 38.1 Å². The highest BCUT2D eigenvalue weighted by atomic mass is 16.5. The summed E-state index contributed by atoms with van der Waals surface area (Å²) in [6.45, 7) is 5.83. The van der Waals surface area contributed by atoms with Gasteiger partial charge in [0, 0.05) is 12.7 Å². The van der Waals surface area contributed by atoms with Crippen molar-refractivity contribution in [3.05, 3.63) is 41.5 Å². The maximum Gasteiger partial charge on any atom is 0.328 e. The average Bonchev–Trinajstić information content (AvgIpc) is 2.37. The minimum atomic E-state index is -0.933. The summed E-state index contributed by atoms with van der Waals surface area (Å²) in [5, 5.41) is 8.53. The van der Waals surface area contributed by atoms with E-state index in [1.807, 2.05) is 24.3 Å². The third-order valence-electron chi connectivity index (χ3n) is 2.74. The molecule has 0 atom stereocenters. The highest BCUT2D eigenvalue weighted by Gasteiger charge is 1.96. The summed E-state index contributed by atoms with van der Waals surface area (Å²) in [5.41, 5.74) is 1.99. The molecule has 104 valence electrons. The molecule has 1 N–H and O–H groups in total. The van der Waals surface area contributed by atoms with Crippen molar-refractivity contribution in [2.45, 2.75) is 33.3 Å². The second-order valence-corrected chi connectivity index (χ2v) is 5.00. The van der Waals surface area contributed by atoms with Crippen LogP contribution in [0.1, 0.15) is 37.8 Å². The SMILES string of the molecule is CC(C)CCCOCc1ccc(C=CC(=O)O)cc1. The molecule has 0 heterocycles. The van der Waals surface area contributed by atoms with E-state index in [0.29, 0.717) is 6.61 Å². The summed E-state index contributed by atoms with van der Waals surface area (Å²) in [5.74, 6) is -0.207. The van der Waals surface area contributed by atoms with Crippen LogP contribution in [0.3, 0.4) is 0 Å². The molecule has 0 radical (unpaired) electrons. The highest BCUT2D eigenvalue weighted by Crippen LogP contribution is 2.09. The summed E-state index contributed by atoms with van der Waals surface area (Å²) in [6, 6.07) is 7.71. The predicted octanol–water partition coefficient (Wildman–Crippen LogP) is 3.74. The Morgan fingerprint density at radius 1 is 1.32 bits per heavy atom. The van der Waals surface area contributed by atoms with Gasteiger partial charge >= 0.3 is 5.97 Å². The summed E-state index contributed by atoms with van der Waals surface area (Å²) in [4.78, 5) is 10.4. The summed E-state index contributed by atoms with van der Waals surface area (Å²) < 4.78 is 5.60. The van der Waals surface area contributed by atoms with E-state index in [1.54, 1.807) is 6.08 Å². The molecule has 0 aliphatic carbocycles. The molecule has 0 amide bonds. The number of carbonyl (C=O) groups is 1. The van der Waals surface area contributed by atoms with Gasteiger partial charge in [0.1, 0.15) is 0 Å². The summed E-state index contributed by atoms with van der Waals surface area (Å²) in [7, 11) is 0. The molecule has 1 aromatic rings. The quantitative estimate of drug-likeness (QED) is 0.573. The Morgan fingerprint density at radius 2 is 2.00 bits per heavy atom. The fourth-order valence-corrected chi connectivity index (χ4v) is 1.68. The van der Waals surface area contributed by atoms with Gasteiger partial charge in [-0.25, -0.2) is 4.79 Å². The monoisotopic (exact) mass is 262 g/mol. The van der Waals surface area contributed by atoms with Crippen molar-refractivity contribution in [3.63, 3.8) is 0 Å². The molecule has 19 heavy (non-hydrogen) atoms. The Labute approximate surface area is 114 Å². The van der Waals surface area contributed by atoms with Gasteiger partial charge in [-0.15, -0.1) is 0 Å². The maximum atomic E-state index is 10.4. The molecule has 3 nitrogen and oxygen atoms in total. The van der Waals surface area contributed by atoms with Gasteiger partial charge in [0.05, 0.1) is 6.61 Å². The number of aliphatic carboxylic acids is 1. The van der Waals surface area contributed by atoms with Crippen LogP contribution in [0.15, 0.2) is 30.3 Å². The van der Waals surface area contributed by atoms with Gasteiger partial charge < -0.3 is 9.84 Å². The van der Waals surface area contributed by atoms with Crippen LogP contribution in [0.2, 0.25) is 0 Å². The average molecular weight is 262 g/mol. The number of hydrogen-bond donors (Lipinski definition) is 1. The minimum absolute atomic E-state index is 0.612. The van der Waals surface area contributed by atoms with Crippen molar-refractivity contribution in [1.82, 2.24) is 0 Å². The predicted molar refractivity (Wildman–Crippen MR) is 76.8 cm³/mol. The van der Waals surface area contributed by atoms with E-state index in [-0.39, 0.29) is 0 Å². The Bertz CT molecular complexity index is 405. The van der Waals surface area contributed by atoms with Crippen molar-refractivity contribution < 1.29 is 14.6 Å². The second-order valence-electron chi connectivity index (χ2n) is 5.00. The lowest BCUT2D eigenvalue weighted by atomic mass is 10.1. The van der Waals surface area contributed by atoms with Crippen molar-refractivity contribution in [1.29, 1.82) is 0 Å². The third kappa shape index (κ3) is 7.42. The van der Waals surface area contributed by atoms with Crippen LogP contribution in [-0.2, 0) is 16.1 Å². The zero-order chi connectivity index (χ0) is 14.1. The van der Waals surface area contributed by atoms with Crippen LogP contribution in [0.25, 0.3) is 6.08 Å². The van der Waals surface area contributed by atoms with E-state index in [0.717, 1.165) is 36.1 Å². The van der Waals surface area contributed by atoms with E-state index in [9.17, 15) is 4.79 Å². The van der Waals surface area contributed by atoms with Crippen LogP contribution < -0.4 is 0 Å². The molecule has 1 aromatic carbocycles. The van der Waals surface area contributed by atoms with Gasteiger partial charge in [-0.2, -0.15) is 0 Å². The van der Waals surface area contributed by atoms with Crippen molar-refractivity contribution >= 4 is 12.0 Å². The number of benzene rings is 1. The minimum Gasteiger partial charge on any atom is -0.478 e. The lowest BCUT2D eigenvalue weighted by molar-refractivity contribution is -0.131. The Morgan fingerprint density at radius 3 is 2.58 bits per heavy atom. The van der Waals surface area contributed by atoms with Gasteiger partial charge in [0.2, 0.25) is 0 Å². The fraction of sp³-hybridized carbons (Fsp3) is 0.438. The molecular formula is C16H22O3. The topological polar surface area (TPSA) is 46.5 Å². The first-order chi connectivity index (χ1) is 9.08. The molecule has 0 unspecified atom stereocenters. The van der Waals surface area contributed by atoms with Gasteiger partial charge in [-0.3, -0.25) is 0 Å². The van der Waals surface area contributed by atoms with E-state index >= 15 is 0 Å². The maximum absolute atomic E-state index is 10.4. The molecule has 0 aromatic heterocycles. The standard InChI is InChI=1S/C16H22O3/c1-13(2)4-3-11-19-12-15-7-5-14(6-8-15)9-10-16(17)18/h5-10,13H,3-4,11-12H2,1-2H3,(H,17,18). The van der Waals surface area contributed by atoms with Crippen molar-refractivity contribution in [2.24, 2.45) is 5.92 Å². The Hall–Kier alpha value is -1.61. The van der Waals surface area contributed by atoms with Crippen LogP contribution in [0, 0.1) is 5.92 Å². The first-order valence-corrected chi connectivity index (χ1v) is 6.65. The van der Waals surface area contributed by atoms with Crippen LogP contribution in [0.5, 0.6) is 0 Å². The number of rotatable bonds is 8. The number of carboxylic acid groups (broad SMARTS) is 1. The van der Waals surface area contributed by atoms with Gasteiger partial charge in [-0.05, 0) is 36.0 Å². The van der Waals surface area contributed by atoms with Crippen LogP contribution in [-0.4, -0.2) is 17.7 Å². The van der Waals surface area contributed by atoms with Crippen LogP contribution >= 0.6 is 0 Å². The Balaban J connectivity index is 2.30.